The van der Waals surface area contributed by atoms with Crippen molar-refractivity contribution in [1.82, 2.24) is 20.1 Å². The monoisotopic (exact) mass is 414 g/mol. The summed E-state index contributed by atoms with van der Waals surface area (Å²) in [6.45, 7) is 2.52. The van der Waals surface area contributed by atoms with Gasteiger partial charge in [-0.05, 0) is 44.0 Å². The first-order chi connectivity index (χ1) is 15.0. The third kappa shape index (κ3) is 4.58. The maximum absolute atomic E-state index is 13.0. The van der Waals surface area contributed by atoms with E-state index in [1.165, 1.54) is 0 Å². The number of ether oxygens (including phenoxy) is 1. The molecule has 0 saturated carbocycles. The lowest BCUT2D eigenvalue weighted by Gasteiger charge is -2.18. The molecule has 4 rings (SSSR count). The average molecular weight is 415 g/mol. The van der Waals surface area contributed by atoms with E-state index in [1.807, 2.05) is 68.6 Å². The van der Waals surface area contributed by atoms with E-state index in [9.17, 15) is 4.79 Å². The number of carbonyl (C=O) groups is 1. The number of methoxy groups -OCH3 is 1. The van der Waals surface area contributed by atoms with Crippen molar-refractivity contribution in [3.8, 4) is 17.0 Å². The van der Waals surface area contributed by atoms with Gasteiger partial charge in [0.25, 0.3) is 5.91 Å². The van der Waals surface area contributed by atoms with Crippen molar-refractivity contribution >= 4 is 16.8 Å². The zero-order chi connectivity index (χ0) is 21.8. The highest BCUT2D eigenvalue weighted by molar-refractivity contribution is 5.98. The molecule has 0 aliphatic carbocycles. The Balaban J connectivity index is 1.39. The summed E-state index contributed by atoms with van der Waals surface area (Å²) in [6.07, 6.45) is 1.67. The number of aromatic nitrogens is 3. The zero-order valence-corrected chi connectivity index (χ0v) is 18.1. The third-order valence-corrected chi connectivity index (χ3v) is 5.43. The molecule has 4 aromatic rings. The van der Waals surface area contributed by atoms with Crippen molar-refractivity contribution in [3.63, 3.8) is 0 Å². The first-order valence-corrected chi connectivity index (χ1v) is 10.4. The number of benzene rings is 2. The number of carbonyl (C=O) groups excluding carboxylic acids is 1. The molecule has 0 atom stereocenters. The zero-order valence-electron chi connectivity index (χ0n) is 18.1. The summed E-state index contributed by atoms with van der Waals surface area (Å²) in [6, 6.07) is 19.8. The van der Waals surface area contributed by atoms with Crippen LogP contribution >= 0.6 is 0 Å². The summed E-state index contributed by atoms with van der Waals surface area (Å²) < 4.78 is 5.26. The van der Waals surface area contributed by atoms with Gasteiger partial charge in [0.05, 0.1) is 29.6 Å². The summed E-state index contributed by atoms with van der Waals surface area (Å²) in [5.74, 6) is 0.738. The van der Waals surface area contributed by atoms with Gasteiger partial charge in [-0.1, -0.05) is 30.3 Å². The fraction of sp³-hybridized carbons (Fsp3) is 0.240. The van der Waals surface area contributed by atoms with Crippen LogP contribution in [0.2, 0.25) is 0 Å². The molecule has 2 aromatic carbocycles. The lowest BCUT2D eigenvalue weighted by atomic mass is 10.1. The van der Waals surface area contributed by atoms with Gasteiger partial charge in [0.15, 0.2) is 0 Å². The Bertz CT molecular complexity index is 1200. The molecule has 0 fully saturated rings. The Morgan fingerprint density at radius 2 is 1.90 bits per heavy atom. The topological polar surface area (TPSA) is 71.1 Å². The van der Waals surface area contributed by atoms with Crippen molar-refractivity contribution in [2.45, 2.75) is 19.8 Å². The predicted octanol–water partition coefficient (Wildman–Crippen LogP) is 4.65. The molecule has 0 spiro atoms. The Kier molecular flexibility index (Phi) is 5.98. The molecule has 1 amide bonds. The summed E-state index contributed by atoms with van der Waals surface area (Å²) >= 11 is 0. The lowest BCUT2D eigenvalue weighted by molar-refractivity contribution is 0.0792. The molecular formula is C25H26N4O2. The number of nitrogens with one attached hydrogen (secondary N) is 1. The number of nitrogens with zero attached hydrogens (tertiary/aromatic N) is 3. The Labute approximate surface area is 181 Å². The molecule has 0 saturated heterocycles. The fourth-order valence-electron chi connectivity index (χ4n) is 3.65. The molecular weight excluding hydrogens is 388 g/mol. The highest BCUT2D eigenvalue weighted by atomic mass is 16.5. The Morgan fingerprint density at radius 3 is 2.68 bits per heavy atom. The van der Waals surface area contributed by atoms with Crippen LogP contribution in [0.3, 0.4) is 0 Å². The van der Waals surface area contributed by atoms with E-state index in [-0.39, 0.29) is 5.91 Å². The van der Waals surface area contributed by atoms with Gasteiger partial charge in [-0.2, -0.15) is 5.10 Å². The minimum Gasteiger partial charge on any atom is -0.497 e. The molecule has 31 heavy (non-hydrogen) atoms. The van der Waals surface area contributed by atoms with Crippen LogP contribution in [0.5, 0.6) is 5.75 Å². The largest absolute Gasteiger partial charge is 0.497 e. The molecule has 2 heterocycles. The number of aryl methyl sites for hydroxylation is 2. The molecule has 0 unspecified atom stereocenters. The number of hydrogen-bond donors (Lipinski definition) is 1. The van der Waals surface area contributed by atoms with Crippen LogP contribution < -0.4 is 4.74 Å². The molecule has 6 heteroatoms. The number of hydrogen-bond acceptors (Lipinski definition) is 4. The van der Waals surface area contributed by atoms with E-state index >= 15 is 0 Å². The number of rotatable bonds is 7. The van der Waals surface area contributed by atoms with Crippen molar-refractivity contribution in [1.29, 1.82) is 0 Å². The second-order valence-electron chi connectivity index (χ2n) is 7.65. The quantitative estimate of drug-likeness (QED) is 0.478. The van der Waals surface area contributed by atoms with E-state index in [1.54, 1.807) is 12.0 Å². The summed E-state index contributed by atoms with van der Waals surface area (Å²) in [4.78, 5) is 19.4. The number of fused-ring (bicyclic) bond motifs is 1. The minimum absolute atomic E-state index is 0.0164. The van der Waals surface area contributed by atoms with Gasteiger partial charge in [-0.25, -0.2) is 0 Å². The molecule has 158 valence electrons. The standard InChI is InChI=1S/C25H26N4O2/c1-17-22(14-19-11-12-21(31-3)16-23(19)26-17)25(30)29(2)13-7-10-20-15-24(28-27-20)18-8-5-4-6-9-18/h4-6,8-9,11-12,14-16H,7,10,13H2,1-3H3,(H,27,28). The van der Waals surface area contributed by atoms with Crippen LogP contribution in [0.15, 0.2) is 60.7 Å². The van der Waals surface area contributed by atoms with Crippen molar-refractivity contribution < 1.29 is 9.53 Å². The van der Waals surface area contributed by atoms with Gasteiger partial charge >= 0.3 is 0 Å². The molecule has 0 radical (unpaired) electrons. The average Bonchev–Trinajstić information content (AvgIpc) is 3.27. The van der Waals surface area contributed by atoms with Crippen LogP contribution in [0.25, 0.3) is 22.2 Å². The molecule has 1 N–H and O–H groups in total. The van der Waals surface area contributed by atoms with E-state index < -0.39 is 0 Å². The summed E-state index contributed by atoms with van der Waals surface area (Å²) in [5.41, 5.74) is 5.28. The van der Waals surface area contributed by atoms with Gasteiger partial charge in [0.2, 0.25) is 0 Å². The summed E-state index contributed by atoms with van der Waals surface area (Å²) in [7, 11) is 3.47. The molecule has 6 nitrogen and oxygen atoms in total. The van der Waals surface area contributed by atoms with Crippen molar-refractivity contribution in [3.05, 3.63) is 77.6 Å². The smallest absolute Gasteiger partial charge is 0.255 e. The maximum Gasteiger partial charge on any atom is 0.255 e. The van der Waals surface area contributed by atoms with Gasteiger partial charge < -0.3 is 9.64 Å². The van der Waals surface area contributed by atoms with Crippen LogP contribution in [0.1, 0.15) is 28.2 Å². The van der Waals surface area contributed by atoms with E-state index in [0.29, 0.717) is 12.1 Å². The number of H-pyrrole nitrogens is 1. The van der Waals surface area contributed by atoms with Gasteiger partial charge in [0, 0.05) is 36.3 Å². The van der Waals surface area contributed by atoms with E-state index in [2.05, 4.69) is 21.2 Å². The minimum atomic E-state index is -0.0164. The van der Waals surface area contributed by atoms with Crippen LogP contribution in [-0.2, 0) is 6.42 Å². The third-order valence-electron chi connectivity index (χ3n) is 5.43. The van der Waals surface area contributed by atoms with Gasteiger partial charge in [-0.15, -0.1) is 0 Å². The number of amides is 1. The molecule has 2 aromatic heterocycles. The number of pyridine rings is 1. The van der Waals surface area contributed by atoms with Crippen molar-refractivity contribution in [2.75, 3.05) is 20.7 Å². The van der Waals surface area contributed by atoms with Gasteiger partial charge in [0.1, 0.15) is 5.75 Å². The number of aromatic amines is 1. The first-order valence-electron chi connectivity index (χ1n) is 10.4. The highest BCUT2D eigenvalue weighted by Gasteiger charge is 2.16. The van der Waals surface area contributed by atoms with Gasteiger partial charge in [-0.3, -0.25) is 14.9 Å². The second kappa shape index (κ2) is 9.00. The maximum atomic E-state index is 13.0. The highest BCUT2D eigenvalue weighted by Crippen LogP contribution is 2.22. The molecule has 0 bridgehead atoms. The lowest BCUT2D eigenvalue weighted by Crippen LogP contribution is -2.28. The predicted molar refractivity (Wildman–Crippen MR) is 122 cm³/mol. The Morgan fingerprint density at radius 1 is 1.10 bits per heavy atom. The van der Waals surface area contributed by atoms with E-state index in [0.717, 1.165) is 52.1 Å². The fourth-order valence-corrected chi connectivity index (χ4v) is 3.65. The molecule has 0 aliphatic heterocycles. The van der Waals surface area contributed by atoms with Crippen LogP contribution in [0, 0.1) is 6.92 Å². The Hall–Kier alpha value is -3.67. The van der Waals surface area contributed by atoms with E-state index in [4.69, 9.17) is 4.74 Å². The SMILES string of the molecule is COc1ccc2cc(C(=O)N(C)CCCc3cc(-c4ccccc4)n[nH]3)c(C)nc2c1. The first kappa shape index (κ1) is 20.6. The van der Waals surface area contributed by atoms with Crippen LogP contribution in [-0.4, -0.2) is 46.7 Å². The molecule has 0 aliphatic rings. The summed E-state index contributed by atoms with van der Waals surface area (Å²) in [5, 5.41) is 8.43. The second-order valence-corrected chi connectivity index (χ2v) is 7.65. The normalized spacial score (nSPS) is 10.9. The van der Waals surface area contributed by atoms with Crippen molar-refractivity contribution in [2.24, 2.45) is 0 Å². The van der Waals surface area contributed by atoms with Crippen LogP contribution in [0.4, 0.5) is 0 Å².